The number of hydrogen-bond acceptors (Lipinski definition) is 2. The molecule has 0 saturated heterocycles. The third-order valence-corrected chi connectivity index (χ3v) is 4.24. The van der Waals surface area contributed by atoms with Crippen molar-refractivity contribution in [3.05, 3.63) is 57.0 Å². The third kappa shape index (κ3) is 4.47. The van der Waals surface area contributed by atoms with E-state index in [1.165, 1.54) is 5.56 Å². The van der Waals surface area contributed by atoms with Crippen molar-refractivity contribution in [1.82, 2.24) is 0 Å². The Morgan fingerprint density at radius 2 is 1.95 bits per heavy atom. The Labute approximate surface area is 139 Å². The van der Waals surface area contributed by atoms with Crippen molar-refractivity contribution in [2.24, 2.45) is 5.73 Å². The molecule has 2 N–H and O–H groups in total. The molecule has 1 atom stereocenters. The SMILES string of the molecule is CCC(N)Cc1ccc(Oc2cc(Cl)ccc2C)c(Br)c1. The summed E-state index contributed by atoms with van der Waals surface area (Å²) in [6.45, 7) is 4.09. The highest BCUT2D eigenvalue weighted by molar-refractivity contribution is 9.10. The Morgan fingerprint density at radius 1 is 1.19 bits per heavy atom. The smallest absolute Gasteiger partial charge is 0.141 e. The van der Waals surface area contributed by atoms with E-state index in [1.54, 1.807) is 0 Å². The lowest BCUT2D eigenvalue weighted by atomic mass is 10.0. The standard InChI is InChI=1S/C17H19BrClNO/c1-3-14(20)8-12-5-7-16(15(18)9-12)21-17-10-13(19)6-4-11(17)2/h4-7,9-10,14H,3,8,20H2,1-2H3. The summed E-state index contributed by atoms with van der Waals surface area (Å²) in [4.78, 5) is 0. The summed E-state index contributed by atoms with van der Waals surface area (Å²) in [6.07, 6.45) is 1.84. The van der Waals surface area contributed by atoms with Gasteiger partial charge in [0.05, 0.1) is 4.47 Å². The lowest BCUT2D eigenvalue weighted by Gasteiger charge is -2.13. The number of nitrogens with two attached hydrogens (primary N) is 1. The summed E-state index contributed by atoms with van der Waals surface area (Å²) in [7, 11) is 0. The van der Waals surface area contributed by atoms with Crippen molar-refractivity contribution in [2.45, 2.75) is 32.7 Å². The molecule has 0 fully saturated rings. The quantitative estimate of drug-likeness (QED) is 0.758. The number of benzene rings is 2. The highest BCUT2D eigenvalue weighted by atomic mass is 79.9. The van der Waals surface area contributed by atoms with Crippen molar-refractivity contribution in [2.75, 3.05) is 0 Å². The molecule has 1 unspecified atom stereocenters. The molecule has 0 aliphatic heterocycles. The summed E-state index contributed by atoms with van der Waals surface area (Å²) in [6, 6.07) is 11.9. The lowest BCUT2D eigenvalue weighted by Crippen LogP contribution is -2.21. The van der Waals surface area contributed by atoms with E-state index in [9.17, 15) is 0 Å². The molecule has 4 heteroatoms. The van der Waals surface area contributed by atoms with E-state index in [4.69, 9.17) is 22.1 Å². The summed E-state index contributed by atoms with van der Waals surface area (Å²) >= 11 is 9.58. The molecule has 2 aromatic rings. The minimum Gasteiger partial charge on any atom is -0.456 e. The van der Waals surface area contributed by atoms with Crippen molar-refractivity contribution in [1.29, 1.82) is 0 Å². The second-order valence-electron chi connectivity index (χ2n) is 5.15. The minimum atomic E-state index is 0.193. The van der Waals surface area contributed by atoms with Crippen molar-refractivity contribution in [3.8, 4) is 11.5 Å². The molecule has 0 bridgehead atoms. The van der Waals surface area contributed by atoms with Gasteiger partial charge in [-0.1, -0.05) is 30.7 Å². The molecule has 0 heterocycles. The second kappa shape index (κ2) is 7.30. The van der Waals surface area contributed by atoms with Crippen LogP contribution in [-0.2, 0) is 6.42 Å². The van der Waals surface area contributed by atoms with Crippen LogP contribution in [0.2, 0.25) is 5.02 Å². The first-order valence-corrected chi connectivity index (χ1v) is 8.14. The van der Waals surface area contributed by atoms with Crippen LogP contribution in [0.1, 0.15) is 24.5 Å². The first-order chi connectivity index (χ1) is 9.99. The zero-order valence-corrected chi connectivity index (χ0v) is 14.5. The van der Waals surface area contributed by atoms with E-state index in [2.05, 4.69) is 35.0 Å². The van der Waals surface area contributed by atoms with Crippen LogP contribution in [0.15, 0.2) is 40.9 Å². The van der Waals surface area contributed by atoms with Crippen LogP contribution in [-0.4, -0.2) is 6.04 Å². The predicted molar refractivity (Wildman–Crippen MR) is 92.4 cm³/mol. The maximum atomic E-state index is 6.02. The van der Waals surface area contributed by atoms with Crippen LogP contribution in [0.25, 0.3) is 0 Å². The van der Waals surface area contributed by atoms with Gasteiger partial charge in [0.25, 0.3) is 0 Å². The zero-order valence-electron chi connectivity index (χ0n) is 12.2. The molecular weight excluding hydrogens is 350 g/mol. The molecule has 0 amide bonds. The fourth-order valence-electron chi connectivity index (χ4n) is 2.00. The average Bonchev–Trinajstić information content (AvgIpc) is 2.45. The molecule has 0 aromatic heterocycles. The maximum Gasteiger partial charge on any atom is 0.141 e. The van der Waals surface area contributed by atoms with Gasteiger partial charge in [-0.3, -0.25) is 0 Å². The molecular formula is C17H19BrClNO. The van der Waals surface area contributed by atoms with Gasteiger partial charge in [-0.2, -0.15) is 0 Å². The summed E-state index contributed by atoms with van der Waals surface area (Å²) in [5.74, 6) is 1.54. The van der Waals surface area contributed by atoms with Gasteiger partial charge in [0.15, 0.2) is 0 Å². The Bertz CT molecular complexity index is 630. The normalized spacial score (nSPS) is 12.2. The van der Waals surface area contributed by atoms with E-state index >= 15 is 0 Å². The van der Waals surface area contributed by atoms with Gasteiger partial charge >= 0.3 is 0 Å². The van der Waals surface area contributed by atoms with Gasteiger partial charge in [-0.25, -0.2) is 0 Å². The highest BCUT2D eigenvalue weighted by Crippen LogP contribution is 2.33. The zero-order chi connectivity index (χ0) is 15.4. The fraction of sp³-hybridized carbons (Fsp3) is 0.294. The molecule has 0 spiro atoms. The lowest BCUT2D eigenvalue weighted by molar-refractivity contribution is 0.475. The number of rotatable bonds is 5. The van der Waals surface area contributed by atoms with Crippen LogP contribution in [0.4, 0.5) is 0 Å². The molecule has 2 aromatic carbocycles. The largest absolute Gasteiger partial charge is 0.456 e. The summed E-state index contributed by atoms with van der Waals surface area (Å²) in [5.41, 5.74) is 8.24. The van der Waals surface area contributed by atoms with E-state index in [0.29, 0.717) is 5.02 Å². The van der Waals surface area contributed by atoms with Gasteiger partial charge in [-0.05, 0) is 71.1 Å². The molecule has 21 heavy (non-hydrogen) atoms. The Hall–Kier alpha value is -1.03. The van der Waals surface area contributed by atoms with Gasteiger partial charge in [-0.15, -0.1) is 0 Å². The molecule has 0 aliphatic carbocycles. The third-order valence-electron chi connectivity index (χ3n) is 3.39. The van der Waals surface area contributed by atoms with Crippen LogP contribution < -0.4 is 10.5 Å². The Kier molecular flexibility index (Phi) is 5.68. The molecule has 0 saturated carbocycles. The number of hydrogen-bond donors (Lipinski definition) is 1. The molecule has 2 rings (SSSR count). The molecule has 0 aliphatic rings. The number of ether oxygens (including phenoxy) is 1. The van der Waals surface area contributed by atoms with Crippen molar-refractivity contribution < 1.29 is 4.74 Å². The topological polar surface area (TPSA) is 35.2 Å². The van der Waals surface area contributed by atoms with Crippen LogP contribution in [0.3, 0.4) is 0 Å². The van der Waals surface area contributed by atoms with E-state index < -0.39 is 0 Å². The number of halogens is 2. The molecule has 112 valence electrons. The van der Waals surface area contributed by atoms with E-state index in [1.807, 2.05) is 31.2 Å². The number of aryl methyl sites for hydroxylation is 1. The van der Waals surface area contributed by atoms with E-state index in [0.717, 1.165) is 34.4 Å². The average molecular weight is 369 g/mol. The minimum absolute atomic E-state index is 0.193. The van der Waals surface area contributed by atoms with Gasteiger partial charge in [0, 0.05) is 11.1 Å². The van der Waals surface area contributed by atoms with Crippen molar-refractivity contribution >= 4 is 27.5 Å². The maximum absolute atomic E-state index is 6.02. The van der Waals surface area contributed by atoms with Gasteiger partial charge in [0.2, 0.25) is 0 Å². The van der Waals surface area contributed by atoms with Gasteiger partial charge < -0.3 is 10.5 Å². The van der Waals surface area contributed by atoms with Crippen LogP contribution in [0.5, 0.6) is 11.5 Å². The Morgan fingerprint density at radius 3 is 2.62 bits per heavy atom. The van der Waals surface area contributed by atoms with Gasteiger partial charge in [0.1, 0.15) is 11.5 Å². The van der Waals surface area contributed by atoms with Crippen LogP contribution in [0, 0.1) is 6.92 Å². The van der Waals surface area contributed by atoms with E-state index in [-0.39, 0.29) is 6.04 Å². The molecule has 0 radical (unpaired) electrons. The molecule has 2 nitrogen and oxygen atoms in total. The fourth-order valence-corrected chi connectivity index (χ4v) is 2.67. The first kappa shape index (κ1) is 16.3. The predicted octanol–water partition coefficient (Wildman–Crippen LogP) is 5.48. The summed E-state index contributed by atoms with van der Waals surface area (Å²) in [5, 5.41) is 0.664. The first-order valence-electron chi connectivity index (χ1n) is 6.97. The Balaban J connectivity index is 2.19. The monoisotopic (exact) mass is 367 g/mol. The van der Waals surface area contributed by atoms with Crippen LogP contribution >= 0.6 is 27.5 Å². The second-order valence-corrected chi connectivity index (χ2v) is 6.44. The highest BCUT2D eigenvalue weighted by Gasteiger charge is 2.08. The van der Waals surface area contributed by atoms with Crippen molar-refractivity contribution in [3.63, 3.8) is 0 Å². The summed E-state index contributed by atoms with van der Waals surface area (Å²) < 4.78 is 6.86.